The molecule has 0 saturated heterocycles. The van der Waals surface area contributed by atoms with Crippen molar-refractivity contribution in [3.05, 3.63) is 50.6 Å². The zero-order valence-corrected chi connectivity index (χ0v) is 14.5. The standard InChI is InChI=1S/C16H20BrNO2S/c1-19-8-6-18-11-14-10-15(2-3-16(14)17)20-7-4-13-5-9-21-12-13/h2-3,5,9-10,12,18H,4,6-8,11H2,1H3. The van der Waals surface area contributed by atoms with E-state index < -0.39 is 0 Å². The minimum absolute atomic E-state index is 0.703. The molecule has 2 rings (SSSR count). The van der Waals surface area contributed by atoms with Gasteiger partial charge < -0.3 is 14.8 Å². The van der Waals surface area contributed by atoms with Crippen LogP contribution in [0.2, 0.25) is 0 Å². The van der Waals surface area contributed by atoms with Crippen LogP contribution in [0, 0.1) is 0 Å². The number of hydrogen-bond donors (Lipinski definition) is 1. The Morgan fingerprint density at radius 2 is 2.14 bits per heavy atom. The van der Waals surface area contributed by atoms with Crippen LogP contribution in [0.15, 0.2) is 39.5 Å². The number of ether oxygens (including phenoxy) is 2. The quantitative estimate of drug-likeness (QED) is 0.680. The molecule has 1 heterocycles. The van der Waals surface area contributed by atoms with Crippen LogP contribution in [-0.4, -0.2) is 26.9 Å². The van der Waals surface area contributed by atoms with E-state index in [1.807, 2.05) is 12.1 Å². The summed E-state index contributed by atoms with van der Waals surface area (Å²) in [4.78, 5) is 0. The Bertz CT molecular complexity index is 531. The molecule has 1 aromatic carbocycles. The minimum Gasteiger partial charge on any atom is -0.493 e. The van der Waals surface area contributed by atoms with Crippen molar-refractivity contribution in [1.82, 2.24) is 5.32 Å². The van der Waals surface area contributed by atoms with E-state index in [0.29, 0.717) is 13.2 Å². The number of benzene rings is 1. The maximum absolute atomic E-state index is 5.83. The lowest BCUT2D eigenvalue weighted by Crippen LogP contribution is -2.18. The molecule has 0 fully saturated rings. The van der Waals surface area contributed by atoms with Crippen LogP contribution < -0.4 is 10.1 Å². The fraction of sp³-hybridized carbons (Fsp3) is 0.375. The molecule has 0 bridgehead atoms. The molecule has 0 spiro atoms. The number of thiophene rings is 1. The molecule has 3 nitrogen and oxygen atoms in total. The largest absolute Gasteiger partial charge is 0.493 e. The van der Waals surface area contributed by atoms with E-state index in [-0.39, 0.29) is 0 Å². The van der Waals surface area contributed by atoms with Crippen molar-refractivity contribution in [2.24, 2.45) is 0 Å². The van der Waals surface area contributed by atoms with Crippen LogP contribution in [0.4, 0.5) is 0 Å². The van der Waals surface area contributed by atoms with Crippen LogP contribution >= 0.6 is 27.3 Å². The highest BCUT2D eigenvalue weighted by molar-refractivity contribution is 9.10. The molecule has 114 valence electrons. The molecule has 1 aromatic heterocycles. The van der Waals surface area contributed by atoms with Crippen LogP contribution in [0.1, 0.15) is 11.1 Å². The average Bonchev–Trinajstić information content (AvgIpc) is 3.00. The summed E-state index contributed by atoms with van der Waals surface area (Å²) >= 11 is 5.30. The summed E-state index contributed by atoms with van der Waals surface area (Å²) in [6.07, 6.45) is 0.945. The van der Waals surface area contributed by atoms with Crippen LogP contribution in [0.5, 0.6) is 5.75 Å². The van der Waals surface area contributed by atoms with Gasteiger partial charge in [0, 0.05) is 31.1 Å². The van der Waals surface area contributed by atoms with Crippen molar-refractivity contribution in [1.29, 1.82) is 0 Å². The summed E-state index contributed by atoms with van der Waals surface area (Å²) in [7, 11) is 1.71. The normalized spacial score (nSPS) is 10.8. The van der Waals surface area contributed by atoms with Crippen molar-refractivity contribution >= 4 is 27.3 Å². The van der Waals surface area contributed by atoms with E-state index in [2.05, 4.69) is 44.1 Å². The second kappa shape index (κ2) is 9.20. The van der Waals surface area contributed by atoms with Crippen molar-refractivity contribution in [2.45, 2.75) is 13.0 Å². The zero-order valence-electron chi connectivity index (χ0n) is 12.1. The molecule has 0 radical (unpaired) electrons. The van der Waals surface area contributed by atoms with E-state index in [4.69, 9.17) is 9.47 Å². The molecular formula is C16H20BrNO2S. The zero-order chi connectivity index (χ0) is 14.9. The lowest BCUT2D eigenvalue weighted by molar-refractivity contribution is 0.199. The molecule has 0 aliphatic rings. The second-order valence-electron chi connectivity index (χ2n) is 4.65. The highest BCUT2D eigenvalue weighted by Gasteiger charge is 2.03. The average molecular weight is 370 g/mol. The first-order chi connectivity index (χ1) is 10.3. The van der Waals surface area contributed by atoms with Crippen LogP contribution in [-0.2, 0) is 17.7 Å². The number of hydrogen-bond acceptors (Lipinski definition) is 4. The van der Waals surface area contributed by atoms with E-state index in [1.165, 1.54) is 11.1 Å². The third-order valence-electron chi connectivity index (χ3n) is 3.06. The summed E-state index contributed by atoms with van der Waals surface area (Å²) in [6, 6.07) is 8.25. The van der Waals surface area contributed by atoms with Gasteiger partial charge in [-0.2, -0.15) is 11.3 Å². The predicted molar refractivity (Wildman–Crippen MR) is 91.2 cm³/mol. The Morgan fingerprint density at radius 3 is 2.90 bits per heavy atom. The van der Waals surface area contributed by atoms with Gasteiger partial charge in [0.25, 0.3) is 0 Å². The Balaban J connectivity index is 1.82. The van der Waals surface area contributed by atoms with Crippen molar-refractivity contribution < 1.29 is 9.47 Å². The van der Waals surface area contributed by atoms with Crippen molar-refractivity contribution in [3.63, 3.8) is 0 Å². The third-order valence-corrected chi connectivity index (χ3v) is 4.56. The number of nitrogens with one attached hydrogen (secondary N) is 1. The topological polar surface area (TPSA) is 30.5 Å². The van der Waals surface area contributed by atoms with Gasteiger partial charge in [-0.25, -0.2) is 0 Å². The Kier molecular flexibility index (Phi) is 7.23. The number of methoxy groups -OCH3 is 1. The first-order valence-corrected chi connectivity index (χ1v) is 8.65. The molecule has 1 N–H and O–H groups in total. The minimum atomic E-state index is 0.703. The molecular weight excluding hydrogens is 350 g/mol. The fourth-order valence-corrected chi connectivity index (χ4v) is 2.99. The highest BCUT2D eigenvalue weighted by atomic mass is 79.9. The number of rotatable bonds is 9. The summed E-state index contributed by atoms with van der Waals surface area (Å²) in [5.74, 6) is 0.914. The molecule has 0 unspecified atom stereocenters. The lowest BCUT2D eigenvalue weighted by Gasteiger charge is -2.10. The van der Waals surface area contributed by atoms with Crippen LogP contribution in [0.25, 0.3) is 0 Å². The first kappa shape index (κ1) is 16.5. The number of halogens is 1. The van der Waals surface area contributed by atoms with Gasteiger partial charge in [-0.3, -0.25) is 0 Å². The monoisotopic (exact) mass is 369 g/mol. The summed E-state index contributed by atoms with van der Waals surface area (Å²) in [5.41, 5.74) is 2.53. The first-order valence-electron chi connectivity index (χ1n) is 6.91. The maximum atomic E-state index is 5.83. The van der Waals surface area contributed by atoms with Gasteiger partial charge in [0.2, 0.25) is 0 Å². The summed E-state index contributed by atoms with van der Waals surface area (Å²) in [5, 5.41) is 7.60. The van der Waals surface area contributed by atoms with E-state index in [0.717, 1.165) is 29.7 Å². The third kappa shape index (κ3) is 5.79. The molecule has 0 aliphatic heterocycles. The lowest BCUT2D eigenvalue weighted by atomic mass is 10.2. The van der Waals surface area contributed by atoms with E-state index in [1.54, 1.807) is 18.4 Å². The predicted octanol–water partition coefficient (Wildman–Crippen LogP) is 3.87. The molecule has 0 aliphatic carbocycles. The molecule has 2 aromatic rings. The van der Waals surface area contributed by atoms with Gasteiger partial charge in [0.05, 0.1) is 13.2 Å². The smallest absolute Gasteiger partial charge is 0.119 e. The van der Waals surface area contributed by atoms with E-state index in [9.17, 15) is 0 Å². The van der Waals surface area contributed by atoms with Crippen LogP contribution in [0.3, 0.4) is 0 Å². The Hall–Kier alpha value is -0.880. The molecule has 21 heavy (non-hydrogen) atoms. The van der Waals surface area contributed by atoms with Gasteiger partial charge in [0.15, 0.2) is 0 Å². The van der Waals surface area contributed by atoms with Crippen molar-refractivity contribution in [2.75, 3.05) is 26.9 Å². The van der Waals surface area contributed by atoms with Gasteiger partial charge in [-0.1, -0.05) is 15.9 Å². The van der Waals surface area contributed by atoms with Gasteiger partial charge in [0.1, 0.15) is 5.75 Å². The molecule has 5 heteroatoms. The molecule has 0 saturated carbocycles. The SMILES string of the molecule is COCCNCc1cc(OCCc2ccsc2)ccc1Br. The fourth-order valence-electron chi connectivity index (χ4n) is 1.90. The van der Waals surface area contributed by atoms with Gasteiger partial charge in [-0.15, -0.1) is 0 Å². The van der Waals surface area contributed by atoms with Gasteiger partial charge in [-0.05, 0) is 46.2 Å². The van der Waals surface area contributed by atoms with Gasteiger partial charge >= 0.3 is 0 Å². The molecule has 0 atom stereocenters. The van der Waals surface area contributed by atoms with Crippen molar-refractivity contribution in [3.8, 4) is 5.75 Å². The second-order valence-corrected chi connectivity index (χ2v) is 6.29. The maximum Gasteiger partial charge on any atom is 0.119 e. The summed E-state index contributed by atoms with van der Waals surface area (Å²) in [6.45, 7) is 3.06. The Labute approximate surface area is 138 Å². The Morgan fingerprint density at radius 1 is 1.24 bits per heavy atom. The molecule has 0 amide bonds. The summed E-state index contributed by atoms with van der Waals surface area (Å²) < 4.78 is 12.0. The highest BCUT2D eigenvalue weighted by Crippen LogP contribution is 2.22. The van der Waals surface area contributed by atoms with E-state index >= 15 is 0 Å².